The fourth-order valence-electron chi connectivity index (χ4n) is 9.80. The predicted molar refractivity (Wildman–Crippen MR) is 162 cm³/mol. The van der Waals surface area contributed by atoms with Gasteiger partial charge in [-0.1, -0.05) is 65.5 Å². The number of carboxylic acid groups (broad SMARTS) is 1. The second-order valence-electron chi connectivity index (χ2n) is 15.0. The number of rotatable bonds is 13. The predicted octanol–water partition coefficient (Wildman–Crippen LogP) is 7.70. The Labute approximate surface area is 248 Å². The lowest BCUT2D eigenvalue weighted by Gasteiger charge is -2.58. The molecule has 0 aromatic rings. The molecule has 232 valence electrons. The smallest absolute Gasteiger partial charge is 0.325 e. The van der Waals surface area contributed by atoms with E-state index in [1.807, 2.05) is 0 Å². The van der Waals surface area contributed by atoms with Gasteiger partial charge in [0.1, 0.15) is 12.6 Å². The van der Waals surface area contributed by atoms with Crippen molar-refractivity contribution in [3.05, 3.63) is 11.6 Å². The molecule has 0 aromatic carbocycles. The Morgan fingerprint density at radius 1 is 0.976 bits per heavy atom. The number of allylic oxidation sites excluding steroid dienone is 1. The maximum atomic E-state index is 12.5. The van der Waals surface area contributed by atoms with Gasteiger partial charge in [-0.2, -0.15) is 0 Å². The monoisotopic (exact) mass is 571 g/mol. The van der Waals surface area contributed by atoms with E-state index in [2.05, 4.69) is 46.0 Å². The number of hydrogen-bond donors (Lipinski definition) is 2. The van der Waals surface area contributed by atoms with Crippen molar-refractivity contribution in [2.75, 3.05) is 6.54 Å². The zero-order valence-corrected chi connectivity index (χ0v) is 26.5. The Hall–Kier alpha value is -1.85. The van der Waals surface area contributed by atoms with Gasteiger partial charge in [0.2, 0.25) is 5.91 Å². The molecule has 4 aliphatic carbocycles. The molecule has 0 saturated heterocycles. The minimum atomic E-state index is -0.854. The molecule has 2 N–H and O–H groups in total. The van der Waals surface area contributed by atoms with Crippen molar-refractivity contribution < 1.29 is 24.2 Å². The van der Waals surface area contributed by atoms with Crippen LogP contribution in [0.1, 0.15) is 131 Å². The van der Waals surface area contributed by atoms with Gasteiger partial charge in [-0.05, 0) is 104 Å². The Morgan fingerprint density at radius 2 is 1.73 bits per heavy atom. The lowest BCUT2D eigenvalue weighted by Crippen LogP contribution is -2.51. The molecule has 3 saturated carbocycles. The van der Waals surface area contributed by atoms with Crippen molar-refractivity contribution in [2.45, 2.75) is 137 Å². The third kappa shape index (κ3) is 7.39. The number of carboxylic acids is 1. The van der Waals surface area contributed by atoms with E-state index in [1.165, 1.54) is 56.9 Å². The number of hydrogen-bond acceptors (Lipinski definition) is 4. The van der Waals surface area contributed by atoms with E-state index in [-0.39, 0.29) is 42.8 Å². The summed E-state index contributed by atoms with van der Waals surface area (Å²) >= 11 is 0. The van der Waals surface area contributed by atoms with Crippen LogP contribution < -0.4 is 5.32 Å². The standard InChI is InChI=1S/C35H57NO5/c1-23(2)9-8-10-24(3)28-15-16-29-27-14-13-25-21-26(17-19-34(25,4)30(27)18-20-35(28,29)5)41-33(40)22-36-31(37)11-6-7-12-32(38)39/h13,23-24,26-30H,6-12,14-22H2,1-5H3,(H,36,37)(H,38,39)/t24-,26+,27+,28?,29+,30+,34+,35-/m1/s1. The average molecular weight is 572 g/mol. The van der Waals surface area contributed by atoms with Gasteiger partial charge >= 0.3 is 11.9 Å². The highest BCUT2D eigenvalue weighted by molar-refractivity contribution is 5.81. The van der Waals surface area contributed by atoms with Gasteiger partial charge in [-0.3, -0.25) is 14.4 Å². The number of aliphatic carboxylic acids is 1. The lowest BCUT2D eigenvalue weighted by molar-refractivity contribution is -0.151. The molecular formula is C35H57NO5. The van der Waals surface area contributed by atoms with Crippen LogP contribution in [0.25, 0.3) is 0 Å². The maximum Gasteiger partial charge on any atom is 0.325 e. The quantitative estimate of drug-likeness (QED) is 0.134. The third-order valence-corrected chi connectivity index (χ3v) is 12.0. The van der Waals surface area contributed by atoms with Crippen LogP contribution in [0.4, 0.5) is 0 Å². The van der Waals surface area contributed by atoms with Crippen LogP contribution in [0.3, 0.4) is 0 Å². The van der Waals surface area contributed by atoms with Crippen LogP contribution >= 0.6 is 0 Å². The van der Waals surface area contributed by atoms with Crippen molar-refractivity contribution in [1.29, 1.82) is 0 Å². The minimum Gasteiger partial charge on any atom is -0.481 e. The zero-order chi connectivity index (χ0) is 29.8. The van der Waals surface area contributed by atoms with Crippen molar-refractivity contribution in [3.63, 3.8) is 0 Å². The van der Waals surface area contributed by atoms with E-state index < -0.39 is 5.97 Å². The first kappa shape index (κ1) is 32.1. The second kappa shape index (κ2) is 13.6. The van der Waals surface area contributed by atoms with Gasteiger partial charge in [0.15, 0.2) is 0 Å². The highest BCUT2D eigenvalue weighted by Crippen LogP contribution is 2.67. The summed E-state index contributed by atoms with van der Waals surface area (Å²) in [5.74, 6) is 3.43. The van der Waals surface area contributed by atoms with Crippen LogP contribution in [0.15, 0.2) is 11.6 Å². The van der Waals surface area contributed by atoms with Crippen LogP contribution in [0.2, 0.25) is 0 Å². The Morgan fingerprint density at radius 3 is 2.46 bits per heavy atom. The molecule has 0 spiro atoms. The number of ether oxygens (including phenoxy) is 1. The van der Waals surface area contributed by atoms with E-state index in [0.717, 1.165) is 54.8 Å². The molecule has 3 fully saturated rings. The molecule has 1 amide bonds. The number of esters is 1. The SMILES string of the molecule is CC(C)CCC[C@@H](C)C1CC[C@H]2[C@@H]3CC=C4C[C@@H](OC(=O)CNC(=O)CCCCC(=O)O)CC[C@]4(C)[C@H]3CC[C@]12C. The molecule has 0 aliphatic heterocycles. The topological polar surface area (TPSA) is 92.7 Å². The highest BCUT2D eigenvalue weighted by atomic mass is 16.5. The minimum absolute atomic E-state index is 0.0612. The van der Waals surface area contributed by atoms with E-state index in [1.54, 1.807) is 0 Å². The van der Waals surface area contributed by atoms with Gasteiger partial charge < -0.3 is 15.2 Å². The lowest BCUT2D eigenvalue weighted by atomic mass is 9.47. The van der Waals surface area contributed by atoms with E-state index in [0.29, 0.717) is 18.3 Å². The van der Waals surface area contributed by atoms with E-state index >= 15 is 0 Å². The van der Waals surface area contributed by atoms with Gasteiger partial charge in [-0.25, -0.2) is 0 Å². The largest absolute Gasteiger partial charge is 0.481 e. The maximum absolute atomic E-state index is 12.5. The van der Waals surface area contributed by atoms with Crippen molar-refractivity contribution in [2.24, 2.45) is 46.3 Å². The van der Waals surface area contributed by atoms with Gasteiger partial charge in [0.05, 0.1) is 0 Å². The molecule has 4 rings (SSSR count). The first-order valence-corrected chi connectivity index (χ1v) is 16.8. The van der Waals surface area contributed by atoms with E-state index in [9.17, 15) is 14.4 Å². The Balaban J connectivity index is 1.28. The number of amides is 1. The fourth-order valence-corrected chi connectivity index (χ4v) is 9.80. The summed E-state index contributed by atoms with van der Waals surface area (Å²) in [5.41, 5.74) is 2.22. The molecule has 6 heteroatoms. The summed E-state index contributed by atoms with van der Waals surface area (Å²) in [7, 11) is 0. The summed E-state index contributed by atoms with van der Waals surface area (Å²) in [4.78, 5) is 35.1. The fraction of sp³-hybridized carbons (Fsp3) is 0.857. The summed E-state index contributed by atoms with van der Waals surface area (Å²) < 4.78 is 5.83. The van der Waals surface area contributed by atoms with Crippen LogP contribution in [-0.2, 0) is 19.1 Å². The molecule has 0 radical (unpaired) electrons. The molecular weight excluding hydrogens is 514 g/mol. The van der Waals surface area contributed by atoms with Crippen molar-refractivity contribution in [1.82, 2.24) is 5.32 Å². The van der Waals surface area contributed by atoms with Gasteiger partial charge in [-0.15, -0.1) is 0 Å². The first-order chi connectivity index (χ1) is 19.4. The van der Waals surface area contributed by atoms with Crippen LogP contribution in [0, 0.1) is 46.3 Å². The number of nitrogens with one attached hydrogen (secondary N) is 1. The molecule has 6 nitrogen and oxygen atoms in total. The summed E-state index contributed by atoms with van der Waals surface area (Å²) in [6.45, 7) is 12.3. The van der Waals surface area contributed by atoms with Crippen molar-refractivity contribution >= 4 is 17.8 Å². The number of fused-ring (bicyclic) bond motifs is 5. The molecule has 1 unspecified atom stereocenters. The Bertz CT molecular complexity index is 974. The summed E-state index contributed by atoms with van der Waals surface area (Å²) in [5, 5.41) is 11.3. The number of carbonyl (C=O) groups excluding carboxylic acids is 2. The second-order valence-corrected chi connectivity index (χ2v) is 15.0. The molecule has 4 aliphatic rings. The summed E-state index contributed by atoms with van der Waals surface area (Å²) in [6.07, 6.45) is 17.3. The van der Waals surface area contributed by atoms with Gasteiger partial charge in [0, 0.05) is 19.3 Å². The van der Waals surface area contributed by atoms with Crippen molar-refractivity contribution in [3.8, 4) is 0 Å². The number of carbonyl (C=O) groups is 3. The highest BCUT2D eigenvalue weighted by Gasteiger charge is 2.59. The van der Waals surface area contributed by atoms with Crippen LogP contribution in [0.5, 0.6) is 0 Å². The zero-order valence-electron chi connectivity index (χ0n) is 26.5. The molecule has 0 bridgehead atoms. The molecule has 0 heterocycles. The van der Waals surface area contributed by atoms with E-state index in [4.69, 9.17) is 9.84 Å². The first-order valence-electron chi connectivity index (χ1n) is 16.8. The molecule has 8 atom stereocenters. The number of unbranched alkanes of at least 4 members (excludes halogenated alkanes) is 1. The Kier molecular flexibility index (Phi) is 10.7. The molecule has 41 heavy (non-hydrogen) atoms. The third-order valence-electron chi connectivity index (χ3n) is 12.0. The van der Waals surface area contributed by atoms with Gasteiger partial charge in [0.25, 0.3) is 0 Å². The normalized spacial score (nSPS) is 35.1. The average Bonchev–Trinajstić information content (AvgIpc) is 3.27. The summed E-state index contributed by atoms with van der Waals surface area (Å²) in [6, 6.07) is 0. The molecule has 0 aromatic heterocycles. The van der Waals surface area contributed by atoms with Crippen LogP contribution in [-0.4, -0.2) is 35.6 Å².